The zero-order valence-electron chi connectivity index (χ0n) is 10.6. The summed E-state index contributed by atoms with van der Waals surface area (Å²) >= 11 is 0. The van der Waals surface area contributed by atoms with Crippen LogP contribution in [0.1, 0.15) is 33.6 Å². The summed E-state index contributed by atoms with van der Waals surface area (Å²) in [5, 5.41) is 0. The van der Waals surface area contributed by atoms with Crippen LogP contribution in [0, 0.1) is 0 Å². The number of rotatable bonds is 6. The molecule has 0 radical (unpaired) electrons. The molecule has 1 aliphatic heterocycles. The fourth-order valence-corrected chi connectivity index (χ4v) is 2.00. The Bertz CT molecular complexity index is 220. The average Bonchev–Trinajstić information content (AvgIpc) is 2.63. The van der Waals surface area contributed by atoms with Crippen molar-refractivity contribution in [1.29, 1.82) is 0 Å². The molecule has 1 heterocycles. The van der Waals surface area contributed by atoms with Gasteiger partial charge in [0.1, 0.15) is 0 Å². The van der Waals surface area contributed by atoms with Crippen LogP contribution in [0.3, 0.4) is 0 Å². The predicted octanol–water partition coefficient (Wildman–Crippen LogP) is 1.44. The second-order valence-electron chi connectivity index (χ2n) is 4.28. The minimum atomic E-state index is -0.143. The van der Waals surface area contributed by atoms with Gasteiger partial charge in [0.25, 0.3) is 0 Å². The molecule has 0 aliphatic carbocycles. The third-order valence-corrected chi connectivity index (χ3v) is 2.89. The minimum absolute atomic E-state index is 0.143. The topological polar surface area (TPSA) is 38.8 Å². The van der Waals surface area contributed by atoms with Crippen molar-refractivity contribution in [3.05, 3.63) is 0 Å². The molecule has 2 unspecified atom stereocenters. The van der Waals surface area contributed by atoms with E-state index >= 15 is 0 Å². The van der Waals surface area contributed by atoms with E-state index in [1.807, 2.05) is 6.92 Å². The Hall–Kier alpha value is -0.610. The van der Waals surface area contributed by atoms with Gasteiger partial charge in [-0.1, -0.05) is 6.92 Å². The Labute approximate surface area is 97.9 Å². The third-order valence-electron chi connectivity index (χ3n) is 2.89. The highest BCUT2D eigenvalue weighted by Gasteiger charge is 2.24. The first-order valence-corrected chi connectivity index (χ1v) is 6.19. The van der Waals surface area contributed by atoms with Gasteiger partial charge in [-0.3, -0.25) is 9.69 Å². The van der Waals surface area contributed by atoms with Crippen LogP contribution >= 0.6 is 0 Å². The Morgan fingerprint density at radius 2 is 2.19 bits per heavy atom. The van der Waals surface area contributed by atoms with Crippen LogP contribution in [0.4, 0.5) is 0 Å². The van der Waals surface area contributed by atoms with Gasteiger partial charge >= 0.3 is 5.97 Å². The van der Waals surface area contributed by atoms with E-state index in [0.29, 0.717) is 19.3 Å². The lowest BCUT2D eigenvalue weighted by atomic mass is 10.2. The van der Waals surface area contributed by atoms with Crippen molar-refractivity contribution in [2.75, 3.05) is 26.2 Å². The summed E-state index contributed by atoms with van der Waals surface area (Å²) < 4.78 is 10.7. The van der Waals surface area contributed by atoms with Crippen LogP contribution in [0.25, 0.3) is 0 Å². The molecule has 1 saturated heterocycles. The monoisotopic (exact) mass is 229 g/mol. The second kappa shape index (κ2) is 6.86. The van der Waals surface area contributed by atoms with E-state index in [-0.39, 0.29) is 12.1 Å². The summed E-state index contributed by atoms with van der Waals surface area (Å²) in [6.45, 7) is 8.49. The van der Waals surface area contributed by atoms with E-state index in [9.17, 15) is 4.79 Å². The van der Waals surface area contributed by atoms with Gasteiger partial charge in [-0.15, -0.1) is 0 Å². The molecule has 0 aromatic heterocycles. The first kappa shape index (κ1) is 13.5. The third kappa shape index (κ3) is 4.49. The standard InChI is InChI=1S/C12H23NO3/c1-4-13(9-12(14)15-5-2)8-11-7-6-10(3)16-11/h10-11H,4-9H2,1-3H3. The second-order valence-corrected chi connectivity index (χ2v) is 4.28. The molecular formula is C12H23NO3. The molecule has 1 aliphatic rings. The number of carbonyl (C=O) groups excluding carboxylic acids is 1. The summed E-state index contributed by atoms with van der Waals surface area (Å²) in [5.41, 5.74) is 0. The van der Waals surface area contributed by atoms with Crippen LogP contribution in [0.15, 0.2) is 0 Å². The lowest BCUT2D eigenvalue weighted by molar-refractivity contribution is -0.144. The fourth-order valence-electron chi connectivity index (χ4n) is 2.00. The number of ether oxygens (including phenoxy) is 2. The number of hydrogen-bond acceptors (Lipinski definition) is 4. The minimum Gasteiger partial charge on any atom is -0.465 e. The lowest BCUT2D eigenvalue weighted by Crippen LogP contribution is -2.37. The van der Waals surface area contributed by atoms with Crippen LogP contribution in [0.2, 0.25) is 0 Å². The fraction of sp³-hybridized carbons (Fsp3) is 0.917. The summed E-state index contributed by atoms with van der Waals surface area (Å²) in [6, 6.07) is 0. The van der Waals surface area contributed by atoms with E-state index in [4.69, 9.17) is 9.47 Å². The van der Waals surface area contributed by atoms with Gasteiger partial charge in [-0.2, -0.15) is 0 Å². The molecule has 1 fully saturated rings. The number of esters is 1. The van der Waals surface area contributed by atoms with Crippen molar-refractivity contribution in [2.24, 2.45) is 0 Å². The summed E-state index contributed by atoms with van der Waals surface area (Å²) in [6.07, 6.45) is 2.87. The first-order valence-electron chi connectivity index (χ1n) is 6.19. The maximum atomic E-state index is 11.3. The molecule has 0 aromatic carbocycles. The van der Waals surface area contributed by atoms with Crippen molar-refractivity contribution < 1.29 is 14.3 Å². The molecule has 0 saturated carbocycles. The molecule has 0 spiro atoms. The molecule has 4 heteroatoms. The van der Waals surface area contributed by atoms with E-state index in [0.717, 1.165) is 25.9 Å². The van der Waals surface area contributed by atoms with Gasteiger partial charge < -0.3 is 9.47 Å². The summed E-state index contributed by atoms with van der Waals surface area (Å²) in [7, 11) is 0. The molecule has 16 heavy (non-hydrogen) atoms. The van der Waals surface area contributed by atoms with Crippen molar-refractivity contribution in [1.82, 2.24) is 4.90 Å². The summed E-state index contributed by atoms with van der Waals surface area (Å²) in [5.74, 6) is -0.143. The van der Waals surface area contributed by atoms with Gasteiger partial charge in [0, 0.05) is 6.54 Å². The van der Waals surface area contributed by atoms with Gasteiger partial charge in [0.05, 0.1) is 25.4 Å². The molecule has 0 amide bonds. The molecule has 0 aromatic rings. The molecule has 0 N–H and O–H groups in total. The van der Waals surface area contributed by atoms with Crippen molar-refractivity contribution >= 4 is 5.97 Å². The predicted molar refractivity (Wildman–Crippen MR) is 62.3 cm³/mol. The van der Waals surface area contributed by atoms with E-state index < -0.39 is 0 Å². The zero-order chi connectivity index (χ0) is 12.0. The van der Waals surface area contributed by atoms with Gasteiger partial charge in [-0.25, -0.2) is 0 Å². The van der Waals surface area contributed by atoms with Gasteiger partial charge in [0.2, 0.25) is 0 Å². The van der Waals surface area contributed by atoms with Gasteiger partial charge in [0.15, 0.2) is 0 Å². The first-order chi connectivity index (χ1) is 7.65. The van der Waals surface area contributed by atoms with E-state index in [1.54, 1.807) is 0 Å². The molecule has 2 atom stereocenters. The van der Waals surface area contributed by atoms with Gasteiger partial charge in [-0.05, 0) is 33.2 Å². The number of hydrogen-bond donors (Lipinski definition) is 0. The lowest BCUT2D eigenvalue weighted by Gasteiger charge is -2.22. The largest absolute Gasteiger partial charge is 0.465 e. The Morgan fingerprint density at radius 3 is 2.69 bits per heavy atom. The van der Waals surface area contributed by atoms with E-state index in [2.05, 4.69) is 18.7 Å². The SMILES string of the molecule is CCOC(=O)CN(CC)CC1CCC(C)O1. The number of carbonyl (C=O) groups is 1. The highest BCUT2D eigenvalue weighted by molar-refractivity contribution is 5.71. The average molecular weight is 229 g/mol. The normalized spacial score (nSPS) is 25.0. The Kier molecular flexibility index (Phi) is 5.77. The molecule has 1 rings (SSSR count). The Morgan fingerprint density at radius 1 is 1.44 bits per heavy atom. The van der Waals surface area contributed by atoms with Crippen molar-refractivity contribution in [3.8, 4) is 0 Å². The zero-order valence-corrected chi connectivity index (χ0v) is 10.6. The van der Waals surface area contributed by atoms with Crippen LogP contribution in [0.5, 0.6) is 0 Å². The van der Waals surface area contributed by atoms with Crippen molar-refractivity contribution in [2.45, 2.75) is 45.8 Å². The van der Waals surface area contributed by atoms with Crippen molar-refractivity contribution in [3.63, 3.8) is 0 Å². The molecule has 0 bridgehead atoms. The maximum absolute atomic E-state index is 11.3. The summed E-state index contributed by atoms with van der Waals surface area (Å²) in [4.78, 5) is 13.4. The van der Waals surface area contributed by atoms with Crippen LogP contribution in [-0.2, 0) is 14.3 Å². The van der Waals surface area contributed by atoms with E-state index in [1.165, 1.54) is 0 Å². The number of nitrogens with zero attached hydrogens (tertiary/aromatic N) is 1. The highest BCUT2D eigenvalue weighted by Crippen LogP contribution is 2.19. The quantitative estimate of drug-likeness (QED) is 0.646. The number of likely N-dealkylation sites (N-methyl/N-ethyl adjacent to an activating group) is 1. The molecule has 4 nitrogen and oxygen atoms in total. The maximum Gasteiger partial charge on any atom is 0.320 e. The van der Waals surface area contributed by atoms with Crippen LogP contribution < -0.4 is 0 Å². The Balaban J connectivity index is 2.28. The molecule has 94 valence electrons. The highest BCUT2D eigenvalue weighted by atomic mass is 16.5. The van der Waals surface area contributed by atoms with Crippen LogP contribution in [-0.4, -0.2) is 49.3 Å². The molecular weight excluding hydrogens is 206 g/mol. The smallest absolute Gasteiger partial charge is 0.320 e.